The van der Waals surface area contributed by atoms with Gasteiger partial charge in [0.05, 0.1) is 16.6 Å². The van der Waals surface area contributed by atoms with E-state index in [2.05, 4.69) is 15.3 Å². The molecule has 1 saturated heterocycles. The fourth-order valence-electron chi connectivity index (χ4n) is 2.91. The molecule has 0 bridgehead atoms. The van der Waals surface area contributed by atoms with Crippen LogP contribution in [0.3, 0.4) is 0 Å². The number of alkyl halides is 1. The Morgan fingerprint density at radius 3 is 3.10 bits per heavy atom. The molecule has 1 unspecified atom stereocenters. The van der Waals surface area contributed by atoms with Crippen molar-refractivity contribution in [2.24, 2.45) is 5.92 Å². The Bertz CT molecular complexity index is 384. The molecule has 114 valence electrons. The first kappa shape index (κ1) is 16.2. The van der Waals surface area contributed by atoms with Gasteiger partial charge < -0.3 is 10.0 Å². The van der Waals surface area contributed by atoms with Crippen molar-refractivity contribution >= 4 is 22.9 Å². The SMILES string of the molecule is OCCC1CCCN(CCCCc2nc(CCl)cs2)C1. The van der Waals surface area contributed by atoms with Crippen molar-refractivity contribution in [2.45, 2.75) is 44.4 Å². The van der Waals surface area contributed by atoms with Crippen LogP contribution in [0.15, 0.2) is 5.38 Å². The van der Waals surface area contributed by atoms with Gasteiger partial charge in [0.1, 0.15) is 0 Å². The number of rotatable bonds is 8. The van der Waals surface area contributed by atoms with E-state index in [0.717, 1.165) is 18.5 Å². The molecule has 1 N–H and O–H groups in total. The van der Waals surface area contributed by atoms with Gasteiger partial charge in [-0.05, 0) is 57.5 Å². The van der Waals surface area contributed by atoms with Crippen LogP contribution >= 0.6 is 22.9 Å². The van der Waals surface area contributed by atoms with Gasteiger partial charge in [-0.2, -0.15) is 0 Å². The van der Waals surface area contributed by atoms with E-state index in [9.17, 15) is 0 Å². The third-order valence-corrected chi connectivity index (χ3v) is 5.22. The summed E-state index contributed by atoms with van der Waals surface area (Å²) in [6.45, 7) is 3.94. The maximum atomic E-state index is 9.03. The third-order valence-electron chi connectivity index (χ3n) is 3.99. The van der Waals surface area contributed by atoms with Crippen molar-refractivity contribution in [3.8, 4) is 0 Å². The van der Waals surface area contributed by atoms with E-state index in [0.29, 0.717) is 18.4 Å². The van der Waals surface area contributed by atoms with Crippen LogP contribution in [0.1, 0.15) is 42.8 Å². The van der Waals surface area contributed by atoms with Gasteiger partial charge in [0.2, 0.25) is 0 Å². The van der Waals surface area contributed by atoms with Crippen LogP contribution in [0.25, 0.3) is 0 Å². The Hall–Kier alpha value is -0.160. The van der Waals surface area contributed by atoms with E-state index in [1.807, 2.05) is 0 Å². The van der Waals surface area contributed by atoms with Crippen molar-refractivity contribution in [3.05, 3.63) is 16.1 Å². The number of aromatic nitrogens is 1. The summed E-state index contributed by atoms with van der Waals surface area (Å²) in [5, 5.41) is 12.3. The minimum absolute atomic E-state index is 0.339. The Morgan fingerprint density at radius 2 is 2.35 bits per heavy atom. The Balaban J connectivity index is 1.60. The molecule has 20 heavy (non-hydrogen) atoms. The van der Waals surface area contributed by atoms with Crippen molar-refractivity contribution in [1.82, 2.24) is 9.88 Å². The van der Waals surface area contributed by atoms with E-state index in [4.69, 9.17) is 16.7 Å². The van der Waals surface area contributed by atoms with Gasteiger partial charge >= 0.3 is 0 Å². The molecule has 1 aliphatic heterocycles. The lowest BCUT2D eigenvalue weighted by atomic mass is 9.95. The third kappa shape index (κ3) is 5.32. The number of halogens is 1. The summed E-state index contributed by atoms with van der Waals surface area (Å²) >= 11 is 7.49. The number of likely N-dealkylation sites (tertiary alicyclic amines) is 1. The number of aliphatic hydroxyl groups excluding tert-OH is 1. The second-order valence-corrected chi connectivity index (χ2v) is 6.85. The van der Waals surface area contributed by atoms with Crippen molar-refractivity contribution < 1.29 is 5.11 Å². The molecule has 1 aromatic rings. The molecule has 1 aromatic heterocycles. The fourth-order valence-corrected chi connectivity index (χ4v) is 3.98. The molecule has 0 aromatic carbocycles. The zero-order valence-corrected chi connectivity index (χ0v) is 13.6. The van der Waals surface area contributed by atoms with Crippen molar-refractivity contribution in [3.63, 3.8) is 0 Å². The number of hydrogen-bond acceptors (Lipinski definition) is 4. The number of aryl methyl sites for hydroxylation is 1. The molecule has 5 heteroatoms. The molecule has 0 radical (unpaired) electrons. The van der Waals surface area contributed by atoms with Crippen LogP contribution in [-0.2, 0) is 12.3 Å². The van der Waals surface area contributed by atoms with Gasteiger partial charge in [0.25, 0.3) is 0 Å². The Labute approximate surface area is 131 Å². The van der Waals surface area contributed by atoms with E-state index in [-0.39, 0.29) is 0 Å². The quantitative estimate of drug-likeness (QED) is 0.590. The predicted octanol–water partition coefficient (Wildman–Crippen LogP) is 3.30. The highest BCUT2D eigenvalue weighted by Crippen LogP contribution is 2.20. The largest absolute Gasteiger partial charge is 0.396 e. The van der Waals surface area contributed by atoms with E-state index >= 15 is 0 Å². The molecular formula is C15H25ClN2OS. The molecule has 0 aliphatic carbocycles. The molecule has 3 nitrogen and oxygen atoms in total. The molecule has 2 heterocycles. The van der Waals surface area contributed by atoms with Crippen LogP contribution in [0.2, 0.25) is 0 Å². The zero-order valence-electron chi connectivity index (χ0n) is 12.1. The Kier molecular flexibility index (Phi) is 7.28. The van der Waals surface area contributed by atoms with Crippen LogP contribution in [0.5, 0.6) is 0 Å². The summed E-state index contributed by atoms with van der Waals surface area (Å²) in [5.41, 5.74) is 1.01. The Morgan fingerprint density at radius 1 is 1.45 bits per heavy atom. The molecule has 1 fully saturated rings. The van der Waals surface area contributed by atoms with Crippen LogP contribution in [0.4, 0.5) is 0 Å². The highest BCUT2D eigenvalue weighted by Gasteiger charge is 2.18. The number of hydrogen-bond donors (Lipinski definition) is 1. The van der Waals surface area contributed by atoms with E-state index in [1.165, 1.54) is 50.3 Å². The van der Waals surface area contributed by atoms with Gasteiger partial charge in [-0.1, -0.05) is 0 Å². The smallest absolute Gasteiger partial charge is 0.0928 e. The first-order chi connectivity index (χ1) is 9.81. The first-order valence-corrected chi connectivity index (χ1v) is 9.05. The second-order valence-electron chi connectivity index (χ2n) is 5.64. The lowest BCUT2D eigenvalue weighted by Crippen LogP contribution is -2.36. The van der Waals surface area contributed by atoms with Gasteiger partial charge in [-0.25, -0.2) is 4.98 Å². The first-order valence-electron chi connectivity index (χ1n) is 7.64. The van der Waals surface area contributed by atoms with Crippen molar-refractivity contribution in [2.75, 3.05) is 26.2 Å². The fraction of sp³-hybridized carbons (Fsp3) is 0.800. The standard InChI is InChI=1S/C15H25ClN2OS/c16-10-14-12-20-15(17-14)5-1-2-7-18-8-3-4-13(11-18)6-9-19/h12-13,19H,1-11H2. The summed E-state index contributed by atoms with van der Waals surface area (Å²) in [5.74, 6) is 1.23. The lowest BCUT2D eigenvalue weighted by molar-refractivity contribution is 0.146. The average Bonchev–Trinajstić information content (AvgIpc) is 2.92. The molecule has 1 atom stereocenters. The molecule has 0 amide bonds. The molecule has 1 aliphatic rings. The summed E-state index contributed by atoms with van der Waals surface area (Å²) < 4.78 is 0. The normalized spacial score (nSPS) is 20.4. The molecular weight excluding hydrogens is 292 g/mol. The number of nitrogens with zero attached hydrogens (tertiary/aromatic N) is 2. The van der Waals surface area contributed by atoms with Gasteiger partial charge in [-0.15, -0.1) is 22.9 Å². The zero-order chi connectivity index (χ0) is 14.2. The number of piperidine rings is 1. The maximum Gasteiger partial charge on any atom is 0.0928 e. The number of thiazole rings is 1. The minimum Gasteiger partial charge on any atom is -0.396 e. The van der Waals surface area contributed by atoms with Gasteiger partial charge in [0, 0.05) is 18.5 Å². The molecule has 0 spiro atoms. The molecule has 0 saturated carbocycles. The molecule has 2 rings (SSSR count). The summed E-state index contributed by atoms with van der Waals surface area (Å²) in [6.07, 6.45) is 7.07. The lowest BCUT2D eigenvalue weighted by Gasteiger charge is -2.32. The second kappa shape index (κ2) is 8.98. The van der Waals surface area contributed by atoms with Crippen LogP contribution < -0.4 is 0 Å². The van der Waals surface area contributed by atoms with E-state index in [1.54, 1.807) is 11.3 Å². The predicted molar refractivity (Wildman–Crippen MR) is 85.5 cm³/mol. The average molecular weight is 317 g/mol. The minimum atomic E-state index is 0.339. The number of unbranched alkanes of at least 4 members (excludes halogenated alkanes) is 1. The van der Waals surface area contributed by atoms with Crippen LogP contribution in [-0.4, -0.2) is 41.2 Å². The van der Waals surface area contributed by atoms with Gasteiger partial charge in [-0.3, -0.25) is 0 Å². The van der Waals surface area contributed by atoms with Gasteiger partial charge in [0.15, 0.2) is 0 Å². The summed E-state index contributed by atoms with van der Waals surface area (Å²) in [7, 11) is 0. The highest BCUT2D eigenvalue weighted by atomic mass is 35.5. The van der Waals surface area contributed by atoms with Crippen LogP contribution in [0, 0.1) is 5.92 Å². The van der Waals surface area contributed by atoms with Crippen molar-refractivity contribution in [1.29, 1.82) is 0 Å². The number of aliphatic hydroxyl groups is 1. The summed E-state index contributed by atoms with van der Waals surface area (Å²) in [4.78, 5) is 7.06. The maximum absolute atomic E-state index is 9.03. The van der Waals surface area contributed by atoms with E-state index < -0.39 is 0 Å². The highest BCUT2D eigenvalue weighted by molar-refractivity contribution is 7.09. The summed E-state index contributed by atoms with van der Waals surface area (Å²) in [6, 6.07) is 0. The monoisotopic (exact) mass is 316 g/mol. The topological polar surface area (TPSA) is 36.4 Å².